The lowest BCUT2D eigenvalue weighted by Crippen LogP contribution is -2.49. The van der Waals surface area contributed by atoms with E-state index in [-0.39, 0.29) is 5.91 Å². The Morgan fingerprint density at radius 2 is 1.84 bits per heavy atom. The van der Waals surface area contributed by atoms with Gasteiger partial charge in [-0.15, -0.1) is 11.3 Å². The summed E-state index contributed by atoms with van der Waals surface area (Å²) in [7, 11) is 0. The summed E-state index contributed by atoms with van der Waals surface area (Å²) in [6.45, 7) is 5.30. The molecule has 4 aromatic rings. The molecule has 9 heteroatoms. The number of aromatic nitrogens is 4. The second kappa shape index (κ2) is 8.28. The maximum Gasteiger partial charge on any atom is 0.264 e. The molecule has 158 valence electrons. The molecule has 1 aromatic carbocycles. The third kappa shape index (κ3) is 3.88. The molecule has 1 aliphatic heterocycles. The van der Waals surface area contributed by atoms with E-state index in [2.05, 4.69) is 20.0 Å². The summed E-state index contributed by atoms with van der Waals surface area (Å²) >= 11 is 7.83. The molecule has 31 heavy (non-hydrogen) atoms. The Bertz CT molecular complexity index is 1230. The number of benzene rings is 1. The van der Waals surface area contributed by atoms with Crippen LogP contribution >= 0.6 is 22.9 Å². The molecule has 0 bridgehead atoms. The summed E-state index contributed by atoms with van der Waals surface area (Å²) < 4.78 is 1.94. The van der Waals surface area contributed by atoms with E-state index in [9.17, 15) is 4.79 Å². The van der Waals surface area contributed by atoms with Crippen LogP contribution in [0.25, 0.3) is 10.2 Å². The van der Waals surface area contributed by atoms with Crippen molar-refractivity contribution in [3.8, 4) is 0 Å². The summed E-state index contributed by atoms with van der Waals surface area (Å²) in [4.78, 5) is 27.6. The Hall–Kier alpha value is -2.97. The number of anilines is 1. The number of hydrogen-bond donors (Lipinski definition) is 0. The zero-order valence-electron chi connectivity index (χ0n) is 17.0. The van der Waals surface area contributed by atoms with Crippen LogP contribution in [0.3, 0.4) is 0 Å². The molecule has 3 aromatic heterocycles. The van der Waals surface area contributed by atoms with E-state index >= 15 is 0 Å². The average molecular weight is 453 g/mol. The molecule has 0 radical (unpaired) electrons. The van der Waals surface area contributed by atoms with Crippen LogP contribution in [0.5, 0.6) is 0 Å². The van der Waals surface area contributed by atoms with Crippen molar-refractivity contribution in [3.05, 3.63) is 69.9 Å². The number of amides is 1. The van der Waals surface area contributed by atoms with Crippen molar-refractivity contribution >= 4 is 45.0 Å². The van der Waals surface area contributed by atoms with Crippen LogP contribution in [-0.4, -0.2) is 56.7 Å². The van der Waals surface area contributed by atoms with Crippen molar-refractivity contribution in [1.29, 1.82) is 0 Å². The van der Waals surface area contributed by atoms with Gasteiger partial charge in [-0.25, -0.2) is 9.97 Å². The van der Waals surface area contributed by atoms with Gasteiger partial charge in [0.25, 0.3) is 5.91 Å². The minimum absolute atomic E-state index is 0.0681. The molecule has 1 fully saturated rings. The second-order valence-electron chi connectivity index (χ2n) is 7.49. The molecule has 7 nitrogen and oxygen atoms in total. The highest BCUT2D eigenvalue weighted by atomic mass is 35.5. The molecular weight excluding hydrogens is 432 g/mol. The smallest absolute Gasteiger partial charge is 0.264 e. The van der Waals surface area contributed by atoms with Gasteiger partial charge in [-0.1, -0.05) is 29.8 Å². The topological polar surface area (TPSA) is 67.2 Å². The Morgan fingerprint density at radius 1 is 1.10 bits per heavy atom. The van der Waals surface area contributed by atoms with Crippen molar-refractivity contribution in [3.63, 3.8) is 0 Å². The predicted octanol–water partition coefficient (Wildman–Crippen LogP) is 3.86. The van der Waals surface area contributed by atoms with E-state index in [4.69, 9.17) is 11.6 Å². The molecule has 1 saturated heterocycles. The first-order valence-corrected chi connectivity index (χ1v) is 11.3. The van der Waals surface area contributed by atoms with Crippen LogP contribution < -0.4 is 4.90 Å². The van der Waals surface area contributed by atoms with Crippen molar-refractivity contribution in [2.75, 3.05) is 31.1 Å². The maximum absolute atomic E-state index is 13.2. The van der Waals surface area contributed by atoms with Crippen LogP contribution in [0.4, 0.5) is 5.95 Å². The summed E-state index contributed by atoms with van der Waals surface area (Å²) in [5.74, 6) is 0.783. The van der Waals surface area contributed by atoms with Gasteiger partial charge in [0.15, 0.2) is 0 Å². The van der Waals surface area contributed by atoms with Gasteiger partial charge < -0.3 is 9.80 Å². The van der Waals surface area contributed by atoms with Gasteiger partial charge in [0, 0.05) is 49.0 Å². The molecular formula is C22H21ClN6OS. The number of rotatable bonds is 4. The van der Waals surface area contributed by atoms with Crippen molar-refractivity contribution in [2.24, 2.45) is 0 Å². The van der Waals surface area contributed by atoms with Crippen LogP contribution in [0.2, 0.25) is 5.02 Å². The fourth-order valence-electron chi connectivity index (χ4n) is 3.83. The first-order chi connectivity index (χ1) is 15.1. The Labute approximate surface area is 188 Å². The van der Waals surface area contributed by atoms with Gasteiger partial charge in [0.05, 0.1) is 17.1 Å². The molecule has 0 spiro atoms. The third-order valence-corrected chi connectivity index (χ3v) is 7.00. The van der Waals surface area contributed by atoms with Gasteiger partial charge in [-0.2, -0.15) is 5.10 Å². The summed E-state index contributed by atoms with van der Waals surface area (Å²) in [6, 6.07) is 11.5. The third-order valence-electron chi connectivity index (χ3n) is 5.50. The van der Waals surface area contributed by atoms with E-state index in [0.717, 1.165) is 44.5 Å². The average Bonchev–Trinajstić information content (AvgIpc) is 3.37. The standard InChI is InChI=1S/C22H21ClN6OS/c1-15-17-13-19(31-21(17)29(26-15)14-16-5-2-3-6-18(16)23)20(30)27-9-11-28(12-10-27)22-24-7-4-8-25-22/h2-8,13H,9-12,14H2,1H3. The number of halogens is 1. The van der Waals surface area contributed by atoms with Crippen LogP contribution in [0, 0.1) is 6.92 Å². The minimum atomic E-state index is 0.0681. The predicted molar refractivity (Wildman–Crippen MR) is 123 cm³/mol. The Kier molecular flexibility index (Phi) is 5.33. The SMILES string of the molecule is Cc1nn(Cc2ccccc2Cl)c2sc(C(=O)N3CCN(c4ncccn4)CC3)cc12. The number of carbonyl (C=O) groups excluding carboxylic acids is 1. The quantitative estimate of drug-likeness (QED) is 0.470. The van der Waals surface area contributed by atoms with E-state index < -0.39 is 0 Å². The lowest BCUT2D eigenvalue weighted by molar-refractivity contribution is 0.0751. The lowest BCUT2D eigenvalue weighted by atomic mass is 10.2. The number of aryl methyl sites for hydroxylation is 1. The number of carbonyl (C=O) groups is 1. The molecule has 0 aliphatic carbocycles. The highest BCUT2D eigenvalue weighted by Crippen LogP contribution is 2.30. The molecule has 4 heterocycles. The van der Waals surface area contributed by atoms with Gasteiger partial charge in [0.1, 0.15) is 4.83 Å². The first-order valence-electron chi connectivity index (χ1n) is 10.1. The molecule has 5 rings (SSSR count). The van der Waals surface area contributed by atoms with Crippen molar-refractivity contribution < 1.29 is 4.79 Å². The second-order valence-corrected chi connectivity index (χ2v) is 8.93. The Balaban J connectivity index is 1.34. The number of nitrogens with zero attached hydrogens (tertiary/aromatic N) is 6. The molecule has 0 N–H and O–H groups in total. The fraction of sp³-hybridized carbons (Fsp3) is 0.273. The molecule has 0 unspecified atom stereocenters. The number of thiophene rings is 1. The van der Waals surface area contributed by atoms with Crippen molar-refractivity contribution in [2.45, 2.75) is 13.5 Å². The summed E-state index contributed by atoms with van der Waals surface area (Å²) in [5.41, 5.74) is 1.93. The van der Waals surface area contributed by atoms with E-state index in [1.165, 1.54) is 11.3 Å². The largest absolute Gasteiger partial charge is 0.337 e. The summed E-state index contributed by atoms with van der Waals surface area (Å²) in [6.07, 6.45) is 3.48. The Morgan fingerprint density at radius 3 is 2.58 bits per heavy atom. The maximum atomic E-state index is 13.2. The van der Waals surface area contributed by atoms with Gasteiger partial charge in [0.2, 0.25) is 5.95 Å². The highest BCUT2D eigenvalue weighted by molar-refractivity contribution is 7.20. The highest BCUT2D eigenvalue weighted by Gasteiger charge is 2.25. The van der Waals surface area contributed by atoms with Crippen LogP contribution in [-0.2, 0) is 6.54 Å². The number of piperazine rings is 1. The summed E-state index contributed by atoms with van der Waals surface area (Å²) in [5, 5.41) is 6.41. The van der Waals surface area contributed by atoms with Crippen molar-refractivity contribution in [1.82, 2.24) is 24.6 Å². The van der Waals surface area contributed by atoms with Gasteiger partial charge in [-0.05, 0) is 30.7 Å². The lowest BCUT2D eigenvalue weighted by Gasteiger charge is -2.34. The van der Waals surface area contributed by atoms with E-state index in [1.54, 1.807) is 18.5 Å². The van der Waals surface area contributed by atoms with E-state index in [0.29, 0.717) is 25.6 Å². The molecule has 0 saturated carbocycles. The zero-order chi connectivity index (χ0) is 21.4. The molecule has 0 atom stereocenters. The zero-order valence-corrected chi connectivity index (χ0v) is 18.6. The molecule has 1 aliphatic rings. The van der Waals surface area contributed by atoms with Gasteiger partial charge >= 0.3 is 0 Å². The normalized spacial score (nSPS) is 14.4. The van der Waals surface area contributed by atoms with E-state index in [1.807, 2.05) is 46.8 Å². The monoisotopic (exact) mass is 452 g/mol. The minimum Gasteiger partial charge on any atom is -0.337 e. The number of hydrogen-bond acceptors (Lipinski definition) is 6. The molecule has 1 amide bonds. The number of fused-ring (bicyclic) bond motifs is 1. The fourth-order valence-corrected chi connectivity index (χ4v) is 5.16. The van der Waals surface area contributed by atoms with Crippen LogP contribution in [0.1, 0.15) is 20.9 Å². The van der Waals surface area contributed by atoms with Crippen LogP contribution in [0.15, 0.2) is 48.8 Å². The van der Waals surface area contributed by atoms with Gasteiger partial charge in [-0.3, -0.25) is 9.48 Å². The first kappa shape index (κ1) is 20.0.